The van der Waals surface area contributed by atoms with Gasteiger partial charge in [-0.05, 0) is 32.0 Å². The molecule has 3 rings (SSSR count). The Hall–Kier alpha value is -2.59. The fourth-order valence-corrected chi connectivity index (χ4v) is 3.87. The lowest BCUT2D eigenvalue weighted by Crippen LogP contribution is -2.13. The summed E-state index contributed by atoms with van der Waals surface area (Å²) in [7, 11) is 0. The predicted octanol–water partition coefficient (Wildman–Crippen LogP) is 3.44. The van der Waals surface area contributed by atoms with E-state index in [-0.39, 0.29) is 11.7 Å². The predicted molar refractivity (Wildman–Crippen MR) is 102 cm³/mol. The van der Waals surface area contributed by atoms with E-state index in [1.807, 2.05) is 0 Å². The van der Waals surface area contributed by atoms with Crippen molar-refractivity contribution in [3.8, 4) is 0 Å². The fraction of sp³-hybridized carbons (Fsp3) is 0.235. The number of pyridine rings is 1. The molecule has 0 aliphatic heterocycles. The van der Waals surface area contributed by atoms with Crippen LogP contribution in [0.3, 0.4) is 0 Å². The van der Waals surface area contributed by atoms with Crippen molar-refractivity contribution in [3.63, 3.8) is 0 Å². The molecule has 1 amide bonds. The van der Waals surface area contributed by atoms with E-state index in [0.29, 0.717) is 38.2 Å². The average molecular weight is 406 g/mol. The van der Waals surface area contributed by atoms with Crippen LogP contribution in [-0.4, -0.2) is 39.4 Å². The number of aryl methyl sites for hydroxylation is 1. The topological polar surface area (TPSA) is 94.1 Å². The fourth-order valence-electron chi connectivity index (χ4n) is 2.33. The van der Waals surface area contributed by atoms with E-state index in [4.69, 9.17) is 4.74 Å². The van der Waals surface area contributed by atoms with Crippen LogP contribution in [0.2, 0.25) is 0 Å². The molecule has 3 aromatic rings. The molecule has 0 fully saturated rings. The summed E-state index contributed by atoms with van der Waals surface area (Å²) in [5.74, 6) is -1.03. The zero-order valence-corrected chi connectivity index (χ0v) is 16.1. The summed E-state index contributed by atoms with van der Waals surface area (Å²) in [5, 5.41) is 11.4. The Morgan fingerprint density at radius 2 is 2.11 bits per heavy atom. The average Bonchev–Trinajstić information content (AvgIpc) is 3.06. The van der Waals surface area contributed by atoms with Crippen molar-refractivity contribution in [1.29, 1.82) is 0 Å². The van der Waals surface area contributed by atoms with Gasteiger partial charge in [0.15, 0.2) is 4.34 Å². The zero-order valence-electron chi connectivity index (χ0n) is 14.5. The van der Waals surface area contributed by atoms with Gasteiger partial charge in [0, 0.05) is 17.1 Å². The first-order valence-corrected chi connectivity index (χ1v) is 9.76. The second kappa shape index (κ2) is 8.40. The maximum Gasteiger partial charge on any atom is 0.316 e. The van der Waals surface area contributed by atoms with Crippen LogP contribution in [0, 0.1) is 12.7 Å². The zero-order chi connectivity index (χ0) is 19.4. The van der Waals surface area contributed by atoms with Gasteiger partial charge in [-0.1, -0.05) is 23.1 Å². The van der Waals surface area contributed by atoms with E-state index < -0.39 is 11.7 Å². The molecular formula is C17H15FN4O3S2. The molecule has 0 saturated heterocycles. The molecule has 0 aliphatic rings. The molecule has 0 unspecified atom stereocenters. The maximum absolute atomic E-state index is 13.4. The lowest BCUT2D eigenvalue weighted by Gasteiger charge is -2.07. The van der Waals surface area contributed by atoms with E-state index >= 15 is 0 Å². The Morgan fingerprint density at radius 1 is 1.30 bits per heavy atom. The largest absolute Gasteiger partial charge is 0.465 e. The highest BCUT2D eigenvalue weighted by atomic mass is 32.2. The third-order valence-corrected chi connectivity index (χ3v) is 5.34. The van der Waals surface area contributed by atoms with Crippen molar-refractivity contribution in [2.24, 2.45) is 0 Å². The van der Waals surface area contributed by atoms with Gasteiger partial charge in [0.05, 0.1) is 23.4 Å². The minimum absolute atomic E-state index is 0.121. The quantitative estimate of drug-likeness (QED) is 0.381. The highest BCUT2D eigenvalue weighted by molar-refractivity contribution is 8.01. The molecule has 10 heteroatoms. The number of halogens is 1. The number of carbonyl (C=O) groups is 2. The van der Waals surface area contributed by atoms with Gasteiger partial charge in [0.2, 0.25) is 5.13 Å². The summed E-state index contributed by atoms with van der Waals surface area (Å²) >= 11 is 2.34. The van der Waals surface area contributed by atoms with Crippen molar-refractivity contribution < 1.29 is 18.7 Å². The van der Waals surface area contributed by atoms with Crippen LogP contribution >= 0.6 is 23.1 Å². The molecule has 2 heterocycles. The monoisotopic (exact) mass is 406 g/mol. The Kier molecular flexibility index (Phi) is 5.97. The summed E-state index contributed by atoms with van der Waals surface area (Å²) in [5.41, 5.74) is 1.37. The number of amides is 1. The molecular weight excluding hydrogens is 391 g/mol. The molecule has 1 aromatic carbocycles. The van der Waals surface area contributed by atoms with E-state index in [9.17, 15) is 14.0 Å². The Bertz CT molecular complexity index is 1000. The Balaban J connectivity index is 1.75. The minimum Gasteiger partial charge on any atom is -0.465 e. The third kappa shape index (κ3) is 4.77. The maximum atomic E-state index is 13.4. The van der Waals surface area contributed by atoms with Gasteiger partial charge in [-0.2, -0.15) is 0 Å². The number of hydrogen-bond acceptors (Lipinski definition) is 8. The number of thioether (sulfide) groups is 1. The number of anilines is 1. The SMILES string of the molecule is CCOC(=O)CSc1nnc(NC(=O)c2cc(C)nc3cc(F)ccc23)s1. The van der Waals surface area contributed by atoms with Crippen LogP contribution in [0.25, 0.3) is 10.9 Å². The standard InChI is InChI=1S/C17H15FN4O3S2/c1-3-25-14(23)8-26-17-22-21-16(27-17)20-15(24)12-6-9(2)19-13-7-10(18)4-5-11(12)13/h4-7H,3,8H2,1-2H3,(H,20,21,24). The van der Waals surface area contributed by atoms with Crippen LogP contribution in [0.5, 0.6) is 0 Å². The molecule has 0 radical (unpaired) electrons. The van der Waals surface area contributed by atoms with Gasteiger partial charge < -0.3 is 4.74 Å². The van der Waals surface area contributed by atoms with Gasteiger partial charge in [0.25, 0.3) is 5.91 Å². The molecule has 0 aliphatic carbocycles. The molecule has 0 atom stereocenters. The molecule has 1 N–H and O–H groups in total. The highest BCUT2D eigenvalue weighted by Crippen LogP contribution is 2.27. The molecule has 7 nitrogen and oxygen atoms in total. The molecule has 27 heavy (non-hydrogen) atoms. The second-order valence-electron chi connectivity index (χ2n) is 5.39. The summed E-state index contributed by atoms with van der Waals surface area (Å²) < 4.78 is 18.8. The smallest absolute Gasteiger partial charge is 0.316 e. The lowest BCUT2D eigenvalue weighted by molar-refractivity contribution is -0.139. The van der Waals surface area contributed by atoms with Crippen molar-refractivity contribution >= 4 is 51.0 Å². The van der Waals surface area contributed by atoms with E-state index in [1.54, 1.807) is 19.9 Å². The number of nitrogens with one attached hydrogen (secondary N) is 1. The number of nitrogens with zero attached hydrogens (tertiary/aromatic N) is 3. The summed E-state index contributed by atoms with van der Waals surface area (Å²) in [6.07, 6.45) is 0. The lowest BCUT2D eigenvalue weighted by atomic mass is 10.1. The van der Waals surface area contributed by atoms with Crippen molar-refractivity contribution in [2.75, 3.05) is 17.7 Å². The van der Waals surface area contributed by atoms with Gasteiger partial charge in [-0.3, -0.25) is 19.9 Å². The number of hydrogen-bond donors (Lipinski definition) is 1. The summed E-state index contributed by atoms with van der Waals surface area (Å²) in [6.45, 7) is 3.79. The summed E-state index contributed by atoms with van der Waals surface area (Å²) in [4.78, 5) is 28.3. The van der Waals surface area contributed by atoms with Gasteiger partial charge in [-0.25, -0.2) is 4.39 Å². The molecule has 0 saturated carbocycles. The van der Waals surface area contributed by atoms with Crippen molar-refractivity contribution in [3.05, 3.63) is 41.3 Å². The molecule has 0 bridgehead atoms. The van der Waals surface area contributed by atoms with Gasteiger partial charge in [0.1, 0.15) is 5.82 Å². The molecule has 140 valence electrons. The van der Waals surface area contributed by atoms with Crippen LogP contribution in [0.4, 0.5) is 9.52 Å². The normalized spacial score (nSPS) is 10.8. The van der Waals surface area contributed by atoms with Gasteiger partial charge in [-0.15, -0.1) is 10.2 Å². The Labute approximate surface area is 162 Å². The number of rotatable bonds is 6. The number of aromatic nitrogens is 3. The third-order valence-electron chi connectivity index (χ3n) is 3.39. The van der Waals surface area contributed by atoms with Crippen LogP contribution in [0.1, 0.15) is 23.0 Å². The first kappa shape index (κ1) is 19.2. The number of carbonyl (C=O) groups excluding carboxylic acids is 2. The molecule has 2 aromatic heterocycles. The number of fused-ring (bicyclic) bond motifs is 1. The van der Waals surface area contributed by atoms with Crippen LogP contribution < -0.4 is 5.32 Å². The minimum atomic E-state index is -0.417. The first-order chi connectivity index (χ1) is 13.0. The Morgan fingerprint density at radius 3 is 2.89 bits per heavy atom. The molecule has 0 spiro atoms. The van der Waals surface area contributed by atoms with Crippen LogP contribution in [0.15, 0.2) is 28.6 Å². The van der Waals surface area contributed by atoms with Crippen molar-refractivity contribution in [1.82, 2.24) is 15.2 Å². The van der Waals surface area contributed by atoms with Gasteiger partial charge >= 0.3 is 5.97 Å². The highest BCUT2D eigenvalue weighted by Gasteiger charge is 2.16. The number of benzene rings is 1. The summed E-state index contributed by atoms with van der Waals surface area (Å²) in [6, 6.07) is 5.72. The first-order valence-electron chi connectivity index (χ1n) is 7.96. The van der Waals surface area contributed by atoms with Crippen LogP contribution in [-0.2, 0) is 9.53 Å². The van der Waals surface area contributed by atoms with E-state index in [2.05, 4.69) is 20.5 Å². The van der Waals surface area contributed by atoms with E-state index in [1.165, 1.54) is 30.0 Å². The number of esters is 1. The second-order valence-corrected chi connectivity index (χ2v) is 7.59. The van der Waals surface area contributed by atoms with Crippen molar-refractivity contribution in [2.45, 2.75) is 18.2 Å². The van der Waals surface area contributed by atoms with E-state index in [0.717, 1.165) is 11.3 Å². The number of ether oxygens (including phenoxy) is 1.